The normalized spacial score (nSPS) is 9.88. The summed E-state index contributed by atoms with van der Waals surface area (Å²) in [5, 5.41) is 0. The fraction of sp³-hybridized carbons (Fsp3) is 0.0833. The maximum atomic E-state index is 11.5. The molecule has 0 aliphatic carbocycles. The molecule has 5 heteroatoms. The third-order valence-electron chi connectivity index (χ3n) is 2.04. The summed E-state index contributed by atoms with van der Waals surface area (Å²) in [6.07, 6.45) is 4.33. The maximum Gasteiger partial charge on any atom is 0.295 e. The van der Waals surface area contributed by atoms with Crippen LogP contribution in [0.3, 0.4) is 0 Å². The van der Waals surface area contributed by atoms with E-state index in [0.717, 1.165) is 5.56 Å². The minimum atomic E-state index is -0.408. The largest absolute Gasteiger partial charge is 0.295 e. The van der Waals surface area contributed by atoms with Crippen LogP contribution in [0, 0.1) is 0 Å². The van der Waals surface area contributed by atoms with Gasteiger partial charge in [0, 0.05) is 12.4 Å². The summed E-state index contributed by atoms with van der Waals surface area (Å²) in [4.78, 5) is 24.2. The molecule has 5 nitrogen and oxygen atoms in total. The molecule has 0 unspecified atom stereocenters. The van der Waals surface area contributed by atoms with Crippen molar-refractivity contribution in [2.24, 2.45) is 0 Å². The monoisotopic (exact) mass is 229 g/mol. The molecule has 86 valence electrons. The zero-order valence-electron chi connectivity index (χ0n) is 9.04. The SMILES string of the molecule is O=C(NOCc1ccccc1)c1cnccn1. The zero-order chi connectivity index (χ0) is 11.9. The molecule has 0 bridgehead atoms. The van der Waals surface area contributed by atoms with Gasteiger partial charge in [0.15, 0.2) is 0 Å². The number of hydrogen-bond donors (Lipinski definition) is 1. The van der Waals surface area contributed by atoms with E-state index in [1.54, 1.807) is 0 Å². The Morgan fingerprint density at radius 1 is 1.24 bits per heavy atom. The Labute approximate surface area is 98.4 Å². The quantitative estimate of drug-likeness (QED) is 0.803. The fourth-order valence-electron chi connectivity index (χ4n) is 1.23. The highest BCUT2D eigenvalue weighted by Gasteiger charge is 2.05. The van der Waals surface area contributed by atoms with Gasteiger partial charge in [-0.2, -0.15) is 0 Å². The highest BCUT2D eigenvalue weighted by atomic mass is 16.6. The van der Waals surface area contributed by atoms with Crippen molar-refractivity contribution in [3.8, 4) is 0 Å². The van der Waals surface area contributed by atoms with Crippen molar-refractivity contribution in [1.82, 2.24) is 15.4 Å². The molecular formula is C12H11N3O2. The molecule has 0 spiro atoms. The van der Waals surface area contributed by atoms with Crippen LogP contribution in [0.5, 0.6) is 0 Å². The Kier molecular flexibility index (Phi) is 3.77. The van der Waals surface area contributed by atoms with Crippen molar-refractivity contribution in [1.29, 1.82) is 0 Å². The third kappa shape index (κ3) is 3.35. The molecule has 0 radical (unpaired) electrons. The first-order valence-electron chi connectivity index (χ1n) is 5.08. The average Bonchev–Trinajstić information content (AvgIpc) is 2.41. The van der Waals surface area contributed by atoms with Gasteiger partial charge in [-0.3, -0.25) is 14.6 Å². The first kappa shape index (κ1) is 11.2. The van der Waals surface area contributed by atoms with E-state index >= 15 is 0 Å². The van der Waals surface area contributed by atoms with Crippen molar-refractivity contribution in [3.05, 3.63) is 60.2 Å². The first-order valence-corrected chi connectivity index (χ1v) is 5.08. The molecule has 0 atom stereocenters. The summed E-state index contributed by atoms with van der Waals surface area (Å²) in [6.45, 7) is 0.312. The molecule has 2 aromatic rings. The zero-order valence-corrected chi connectivity index (χ0v) is 9.04. The van der Waals surface area contributed by atoms with Crippen molar-refractivity contribution >= 4 is 5.91 Å². The van der Waals surface area contributed by atoms with Crippen LogP contribution in [0.2, 0.25) is 0 Å². The molecular weight excluding hydrogens is 218 g/mol. The Balaban J connectivity index is 1.82. The molecule has 1 N–H and O–H groups in total. The predicted molar refractivity (Wildman–Crippen MR) is 60.7 cm³/mol. The van der Waals surface area contributed by atoms with Gasteiger partial charge >= 0.3 is 0 Å². The minimum absolute atomic E-state index is 0.223. The molecule has 1 aromatic carbocycles. The second kappa shape index (κ2) is 5.72. The van der Waals surface area contributed by atoms with E-state index < -0.39 is 5.91 Å². The van der Waals surface area contributed by atoms with Crippen LogP contribution in [-0.4, -0.2) is 15.9 Å². The van der Waals surface area contributed by atoms with E-state index in [9.17, 15) is 4.79 Å². The van der Waals surface area contributed by atoms with E-state index in [-0.39, 0.29) is 5.69 Å². The van der Waals surface area contributed by atoms with Gasteiger partial charge in [-0.15, -0.1) is 0 Å². The van der Waals surface area contributed by atoms with Crippen LogP contribution in [0.4, 0.5) is 0 Å². The van der Waals surface area contributed by atoms with E-state index in [0.29, 0.717) is 6.61 Å². The minimum Gasteiger partial charge on any atom is -0.269 e. The predicted octanol–water partition coefficient (Wildman–Crippen LogP) is 1.34. The molecule has 2 rings (SSSR count). The number of carbonyl (C=O) groups is 1. The number of amides is 1. The van der Waals surface area contributed by atoms with Crippen molar-refractivity contribution in [2.75, 3.05) is 0 Å². The number of carbonyl (C=O) groups excluding carboxylic acids is 1. The smallest absolute Gasteiger partial charge is 0.269 e. The number of aromatic nitrogens is 2. The van der Waals surface area contributed by atoms with E-state index in [1.165, 1.54) is 18.6 Å². The maximum absolute atomic E-state index is 11.5. The van der Waals surface area contributed by atoms with Crippen molar-refractivity contribution in [3.63, 3.8) is 0 Å². The molecule has 0 fully saturated rings. The molecule has 0 aliphatic heterocycles. The lowest BCUT2D eigenvalue weighted by atomic mass is 10.2. The first-order chi connectivity index (χ1) is 8.36. The number of hydroxylamine groups is 1. The molecule has 1 aromatic heterocycles. The highest BCUT2D eigenvalue weighted by Crippen LogP contribution is 1.99. The van der Waals surface area contributed by atoms with Crippen LogP contribution < -0.4 is 5.48 Å². The van der Waals surface area contributed by atoms with Crippen LogP contribution in [0.25, 0.3) is 0 Å². The lowest BCUT2D eigenvalue weighted by Gasteiger charge is -2.04. The van der Waals surface area contributed by atoms with Gasteiger partial charge < -0.3 is 0 Å². The average molecular weight is 229 g/mol. The molecule has 1 heterocycles. The van der Waals surface area contributed by atoms with E-state index in [1.807, 2.05) is 30.3 Å². The summed E-state index contributed by atoms with van der Waals surface area (Å²) in [7, 11) is 0. The summed E-state index contributed by atoms with van der Waals surface area (Å²) < 4.78 is 0. The Morgan fingerprint density at radius 3 is 2.76 bits per heavy atom. The van der Waals surface area contributed by atoms with Gasteiger partial charge in [0.2, 0.25) is 0 Å². The molecule has 0 saturated carbocycles. The number of rotatable bonds is 4. The van der Waals surface area contributed by atoms with Crippen LogP contribution >= 0.6 is 0 Å². The van der Waals surface area contributed by atoms with Gasteiger partial charge in [-0.25, -0.2) is 10.5 Å². The number of nitrogens with one attached hydrogen (secondary N) is 1. The molecule has 0 saturated heterocycles. The van der Waals surface area contributed by atoms with Crippen molar-refractivity contribution < 1.29 is 9.63 Å². The number of benzene rings is 1. The Hall–Kier alpha value is -2.27. The van der Waals surface area contributed by atoms with Gasteiger partial charge in [-0.1, -0.05) is 30.3 Å². The lowest BCUT2D eigenvalue weighted by Crippen LogP contribution is -2.24. The Morgan fingerprint density at radius 2 is 2.06 bits per heavy atom. The topological polar surface area (TPSA) is 64.1 Å². The van der Waals surface area contributed by atoms with Crippen LogP contribution in [-0.2, 0) is 11.4 Å². The molecule has 17 heavy (non-hydrogen) atoms. The Bertz CT molecular complexity index is 474. The highest BCUT2D eigenvalue weighted by molar-refractivity contribution is 5.90. The van der Waals surface area contributed by atoms with Crippen molar-refractivity contribution in [2.45, 2.75) is 6.61 Å². The second-order valence-electron chi connectivity index (χ2n) is 3.30. The molecule has 1 amide bonds. The number of hydrogen-bond acceptors (Lipinski definition) is 4. The lowest BCUT2D eigenvalue weighted by molar-refractivity contribution is 0.0229. The summed E-state index contributed by atoms with van der Waals surface area (Å²) in [6, 6.07) is 9.55. The fourth-order valence-corrected chi connectivity index (χ4v) is 1.23. The third-order valence-corrected chi connectivity index (χ3v) is 2.04. The van der Waals surface area contributed by atoms with Crippen LogP contribution in [0.15, 0.2) is 48.9 Å². The van der Waals surface area contributed by atoms with Gasteiger partial charge in [0.05, 0.1) is 12.8 Å². The van der Waals surface area contributed by atoms with Gasteiger partial charge in [-0.05, 0) is 5.56 Å². The van der Waals surface area contributed by atoms with E-state index in [2.05, 4.69) is 15.4 Å². The summed E-state index contributed by atoms with van der Waals surface area (Å²) in [5.41, 5.74) is 3.51. The van der Waals surface area contributed by atoms with Gasteiger partial charge in [0.25, 0.3) is 5.91 Å². The van der Waals surface area contributed by atoms with Crippen LogP contribution in [0.1, 0.15) is 16.1 Å². The summed E-state index contributed by atoms with van der Waals surface area (Å²) in [5.74, 6) is -0.408. The van der Waals surface area contributed by atoms with E-state index in [4.69, 9.17) is 4.84 Å². The second-order valence-corrected chi connectivity index (χ2v) is 3.30. The number of nitrogens with zero attached hydrogens (tertiary/aromatic N) is 2. The standard InChI is InChI=1S/C12H11N3O2/c16-12(11-8-13-6-7-14-11)15-17-9-10-4-2-1-3-5-10/h1-8H,9H2,(H,15,16). The summed E-state index contributed by atoms with van der Waals surface area (Å²) >= 11 is 0. The van der Waals surface area contributed by atoms with Gasteiger partial charge in [0.1, 0.15) is 5.69 Å². The molecule has 0 aliphatic rings.